The van der Waals surface area contributed by atoms with Gasteiger partial charge in [-0.05, 0) is 30.7 Å². The van der Waals surface area contributed by atoms with Crippen LogP contribution in [0.1, 0.15) is 16.8 Å². The minimum Gasteiger partial charge on any atom is -0.337 e. The Morgan fingerprint density at radius 2 is 2.25 bits per heavy atom. The minimum absolute atomic E-state index is 0.0648. The third-order valence-corrected chi connectivity index (χ3v) is 5.41. The Morgan fingerprint density at radius 1 is 1.46 bits per heavy atom. The van der Waals surface area contributed by atoms with Crippen molar-refractivity contribution >= 4 is 15.9 Å². The molecule has 0 saturated carbocycles. The van der Waals surface area contributed by atoms with Gasteiger partial charge in [-0.2, -0.15) is 5.10 Å². The average Bonchev–Trinajstić information content (AvgIpc) is 3.02. The number of rotatable bonds is 4. The molecule has 3 rings (SSSR count). The van der Waals surface area contributed by atoms with Gasteiger partial charge in [0.1, 0.15) is 5.82 Å². The second kappa shape index (κ2) is 6.33. The number of nitrogens with zero attached hydrogens (tertiary/aromatic N) is 2. The van der Waals surface area contributed by atoms with Crippen molar-refractivity contribution in [2.24, 2.45) is 0 Å². The molecule has 9 heteroatoms. The fourth-order valence-electron chi connectivity index (χ4n) is 2.57. The standard InChI is InChI=1S/C15H17FN4O3S/c1-10-6-12(2-3-13(10)16)24(22,23)18-8-15(21)20-5-4-14-11(9-20)7-17-19-14/h2-3,6-7,18H,4-5,8-9H2,1H3,(H,17,19). The summed E-state index contributed by atoms with van der Waals surface area (Å²) in [4.78, 5) is 13.8. The molecule has 1 aromatic carbocycles. The van der Waals surface area contributed by atoms with Crippen LogP contribution < -0.4 is 4.72 Å². The van der Waals surface area contributed by atoms with Gasteiger partial charge in [-0.15, -0.1) is 0 Å². The molecule has 2 heterocycles. The zero-order valence-electron chi connectivity index (χ0n) is 13.0. The highest BCUT2D eigenvalue weighted by Gasteiger charge is 2.23. The number of carbonyl (C=O) groups excluding carboxylic acids is 1. The van der Waals surface area contributed by atoms with E-state index in [9.17, 15) is 17.6 Å². The van der Waals surface area contributed by atoms with Gasteiger partial charge in [0.2, 0.25) is 15.9 Å². The Kier molecular flexibility index (Phi) is 4.37. The minimum atomic E-state index is -3.87. The van der Waals surface area contributed by atoms with E-state index in [0.717, 1.165) is 17.3 Å². The van der Waals surface area contributed by atoms with Gasteiger partial charge in [-0.1, -0.05) is 0 Å². The number of fused-ring (bicyclic) bond motifs is 1. The number of hydrogen-bond acceptors (Lipinski definition) is 4. The van der Waals surface area contributed by atoms with E-state index in [1.807, 2.05) is 0 Å². The first kappa shape index (κ1) is 16.6. The van der Waals surface area contributed by atoms with Gasteiger partial charge in [0.25, 0.3) is 0 Å². The molecule has 24 heavy (non-hydrogen) atoms. The van der Waals surface area contributed by atoms with Crippen LogP contribution in [0, 0.1) is 12.7 Å². The number of aryl methyl sites for hydroxylation is 1. The van der Waals surface area contributed by atoms with Gasteiger partial charge in [0.05, 0.1) is 17.6 Å². The van der Waals surface area contributed by atoms with Crippen LogP contribution in [0.2, 0.25) is 0 Å². The molecule has 1 aliphatic heterocycles. The van der Waals surface area contributed by atoms with Gasteiger partial charge in [0.15, 0.2) is 0 Å². The Morgan fingerprint density at radius 3 is 3.00 bits per heavy atom. The summed E-state index contributed by atoms with van der Waals surface area (Å²) in [6.45, 7) is 2.05. The molecule has 128 valence electrons. The van der Waals surface area contributed by atoms with Crippen molar-refractivity contribution in [3.63, 3.8) is 0 Å². The second-order valence-electron chi connectivity index (χ2n) is 5.67. The van der Waals surface area contributed by atoms with Crippen LogP contribution in [0.25, 0.3) is 0 Å². The van der Waals surface area contributed by atoms with Crippen molar-refractivity contribution in [1.82, 2.24) is 19.8 Å². The monoisotopic (exact) mass is 352 g/mol. The number of H-pyrrole nitrogens is 1. The lowest BCUT2D eigenvalue weighted by atomic mass is 10.1. The number of hydrogen-bond donors (Lipinski definition) is 2. The highest BCUT2D eigenvalue weighted by Crippen LogP contribution is 2.17. The lowest BCUT2D eigenvalue weighted by Gasteiger charge is -2.26. The van der Waals surface area contributed by atoms with Crippen LogP contribution in [0.4, 0.5) is 4.39 Å². The summed E-state index contributed by atoms with van der Waals surface area (Å²) in [6.07, 6.45) is 2.32. The summed E-state index contributed by atoms with van der Waals surface area (Å²) in [5.74, 6) is -0.793. The number of sulfonamides is 1. The molecule has 0 fully saturated rings. The summed E-state index contributed by atoms with van der Waals surface area (Å²) in [7, 11) is -3.87. The molecule has 0 bridgehead atoms. The molecule has 2 N–H and O–H groups in total. The summed E-state index contributed by atoms with van der Waals surface area (Å²) in [5, 5.41) is 6.81. The Hall–Kier alpha value is -2.26. The first-order valence-electron chi connectivity index (χ1n) is 7.41. The molecule has 0 spiro atoms. The first-order valence-corrected chi connectivity index (χ1v) is 8.90. The third-order valence-electron chi connectivity index (χ3n) is 4.01. The lowest BCUT2D eigenvalue weighted by Crippen LogP contribution is -2.42. The van der Waals surface area contributed by atoms with Crippen LogP contribution >= 0.6 is 0 Å². The second-order valence-corrected chi connectivity index (χ2v) is 7.44. The fraction of sp³-hybridized carbons (Fsp3) is 0.333. The molecule has 1 amide bonds. The maximum Gasteiger partial charge on any atom is 0.241 e. The van der Waals surface area contributed by atoms with Crippen LogP contribution in [-0.4, -0.2) is 42.5 Å². The van der Waals surface area contributed by atoms with Gasteiger partial charge in [-0.25, -0.2) is 17.5 Å². The van der Waals surface area contributed by atoms with Crippen molar-refractivity contribution in [2.75, 3.05) is 13.1 Å². The molecule has 0 atom stereocenters. The Balaban J connectivity index is 1.64. The van der Waals surface area contributed by atoms with E-state index in [1.165, 1.54) is 19.1 Å². The maximum atomic E-state index is 13.3. The third kappa shape index (κ3) is 3.31. The smallest absolute Gasteiger partial charge is 0.241 e. The topological polar surface area (TPSA) is 95.2 Å². The number of benzene rings is 1. The highest BCUT2D eigenvalue weighted by atomic mass is 32.2. The number of amides is 1. The van der Waals surface area contributed by atoms with Crippen molar-refractivity contribution in [3.8, 4) is 0 Å². The fourth-order valence-corrected chi connectivity index (χ4v) is 3.63. The van der Waals surface area contributed by atoms with Crippen LogP contribution in [0.5, 0.6) is 0 Å². The normalized spacial score (nSPS) is 14.5. The van der Waals surface area contributed by atoms with E-state index in [0.29, 0.717) is 19.5 Å². The van der Waals surface area contributed by atoms with E-state index in [4.69, 9.17) is 0 Å². The summed E-state index contributed by atoms with van der Waals surface area (Å²) in [6, 6.07) is 3.51. The van der Waals surface area contributed by atoms with Crippen LogP contribution in [0.15, 0.2) is 29.3 Å². The van der Waals surface area contributed by atoms with Crippen molar-refractivity contribution in [1.29, 1.82) is 0 Å². The van der Waals surface area contributed by atoms with E-state index in [1.54, 1.807) is 11.1 Å². The van der Waals surface area contributed by atoms with E-state index < -0.39 is 15.8 Å². The summed E-state index contributed by atoms with van der Waals surface area (Å²) in [5.41, 5.74) is 2.17. The van der Waals surface area contributed by atoms with Crippen LogP contribution in [-0.2, 0) is 27.8 Å². The molecule has 0 radical (unpaired) electrons. The predicted octanol–water partition coefficient (Wildman–Crippen LogP) is 0.720. The molecule has 1 aromatic heterocycles. The highest BCUT2D eigenvalue weighted by molar-refractivity contribution is 7.89. The average molecular weight is 352 g/mol. The van der Waals surface area contributed by atoms with Gasteiger partial charge < -0.3 is 4.90 Å². The van der Waals surface area contributed by atoms with Gasteiger partial charge in [-0.3, -0.25) is 9.89 Å². The Labute approximate surface area is 138 Å². The molecular formula is C15H17FN4O3S. The predicted molar refractivity (Wildman–Crippen MR) is 84.0 cm³/mol. The first-order chi connectivity index (χ1) is 11.4. The molecular weight excluding hydrogens is 335 g/mol. The van der Waals surface area contributed by atoms with Crippen molar-refractivity contribution in [2.45, 2.75) is 24.8 Å². The SMILES string of the molecule is Cc1cc(S(=O)(=O)NCC(=O)N2CCc3[nH]ncc3C2)ccc1F. The number of halogens is 1. The van der Waals surface area contributed by atoms with Crippen molar-refractivity contribution < 1.29 is 17.6 Å². The lowest BCUT2D eigenvalue weighted by molar-refractivity contribution is -0.130. The Bertz CT molecular complexity index is 879. The van der Waals surface area contributed by atoms with E-state index >= 15 is 0 Å². The van der Waals surface area contributed by atoms with Gasteiger partial charge >= 0.3 is 0 Å². The summed E-state index contributed by atoms with van der Waals surface area (Å²) >= 11 is 0. The number of nitrogens with one attached hydrogen (secondary N) is 2. The van der Waals surface area contributed by atoms with Crippen LogP contribution in [0.3, 0.4) is 0 Å². The zero-order chi connectivity index (χ0) is 17.3. The quantitative estimate of drug-likeness (QED) is 0.848. The molecule has 0 unspecified atom stereocenters. The molecule has 1 aliphatic rings. The van der Waals surface area contributed by atoms with Gasteiger partial charge in [0, 0.05) is 30.8 Å². The molecule has 0 saturated heterocycles. The molecule has 2 aromatic rings. The van der Waals surface area contributed by atoms with E-state index in [-0.39, 0.29) is 22.9 Å². The number of carbonyl (C=O) groups is 1. The number of aromatic nitrogens is 2. The maximum absolute atomic E-state index is 13.3. The molecule has 0 aliphatic carbocycles. The van der Waals surface area contributed by atoms with E-state index in [2.05, 4.69) is 14.9 Å². The largest absolute Gasteiger partial charge is 0.337 e. The molecule has 7 nitrogen and oxygen atoms in total. The number of aromatic amines is 1. The zero-order valence-corrected chi connectivity index (χ0v) is 13.9. The van der Waals surface area contributed by atoms with Crippen molar-refractivity contribution in [3.05, 3.63) is 47.0 Å². The summed E-state index contributed by atoms with van der Waals surface area (Å²) < 4.78 is 40.0.